The Labute approximate surface area is 120 Å². The van der Waals surface area contributed by atoms with Crippen LogP contribution in [0.3, 0.4) is 0 Å². The molecule has 0 spiro atoms. The van der Waals surface area contributed by atoms with Crippen molar-refractivity contribution >= 4 is 18.4 Å². The molecular formula is C15H19ClNO2-. The molecule has 0 bridgehead atoms. The molecule has 1 aromatic rings. The minimum Gasteiger partial charge on any atom is -0.545 e. The van der Waals surface area contributed by atoms with Crippen LogP contribution in [0, 0.1) is 6.92 Å². The van der Waals surface area contributed by atoms with Gasteiger partial charge in [-0.3, -0.25) is 4.90 Å². The van der Waals surface area contributed by atoms with Crippen LogP contribution in [0.2, 0.25) is 0 Å². The van der Waals surface area contributed by atoms with Crippen LogP contribution in [0.4, 0.5) is 0 Å². The molecule has 0 radical (unpaired) electrons. The van der Waals surface area contributed by atoms with Crippen LogP contribution in [0.1, 0.15) is 46.7 Å². The lowest BCUT2D eigenvalue weighted by molar-refractivity contribution is -0.255. The standard InChI is InChI=1S/C15H19NO2.ClH/c1-10-4-2-5-12(15(17)18)14(10)11-7-9-16-8-3-6-13(11)16;/h2,4-5,11,13H,3,6-9H2,1H3,(H,17,18);1H/p-1. The van der Waals surface area contributed by atoms with Crippen molar-refractivity contribution in [3.05, 3.63) is 34.9 Å². The SMILES string of the molecule is Cc1cccc(C(=O)[O-])c1C1CCN2CCCC12.Cl. The predicted octanol–water partition coefficient (Wildman–Crippen LogP) is 1.73. The van der Waals surface area contributed by atoms with Crippen molar-refractivity contribution in [2.75, 3.05) is 13.1 Å². The van der Waals surface area contributed by atoms with Gasteiger partial charge in [0.15, 0.2) is 0 Å². The van der Waals surface area contributed by atoms with Gasteiger partial charge in [-0.15, -0.1) is 12.4 Å². The first-order valence-corrected chi connectivity index (χ1v) is 6.73. The molecule has 3 rings (SSSR count). The lowest BCUT2D eigenvalue weighted by Crippen LogP contribution is -2.29. The van der Waals surface area contributed by atoms with Gasteiger partial charge in [-0.2, -0.15) is 0 Å². The molecule has 2 heterocycles. The summed E-state index contributed by atoms with van der Waals surface area (Å²) in [5.74, 6) is -0.660. The highest BCUT2D eigenvalue weighted by molar-refractivity contribution is 5.88. The largest absolute Gasteiger partial charge is 0.545 e. The molecule has 2 aliphatic heterocycles. The summed E-state index contributed by atoms with van der Waals surface area (Å²) in [6.45, 7) is 4.29. The molecule has 0 aliphatic carbocycles. The fraction of sp³-hybridized carbons (Fsp3) is 0.533. The third-order valence-electron chi connectivity index (χ3n) is 4.52. The molecule has 19 heavy (non-hydrogen) atoms. The van der Waals surface area contributed by atoms with E-state index in [-0.39, 0.29) is 12.4 Å². The van der Waals surface area contributed by atoms with Gasteiger partial charge in [0.05, 0.1) is 5.97 Å². The van der Waals surface area contributed by atoms with Crippen molar-refractivity contribution in [3.63, 3.8) is 0 Å². The second-order valence-corrected chi connectivity index (χ2v) is 5.46. The van der Waals surface area contributed by atoms with Crippen molar-refractivity contribution in [2.45, 2.75) is 38.1 Å². The van der Waals surface area contributed by atoms with E-state index >= 15 is 0 Å². The van der Waals surface area contributed by atoms with Crippen LogP contribution < -0.4 is 5.11 Å². The number of aromatic carboxylic acids is 1. The van der Waals surface area contributed by atoms with Gasteiger partial charge in [0, 0.05) is 17.5 Å². The monoisotopic (exact) mass is 280 g/mol. The number of carbonyl (C=O) groups excluding carboxylic acids is 1. The van der Waals surface area contributed by atoms with E-state index in [9.17, 15) is 9.90 Å². The van der Waals surface area contributed by atoms with Crippen molar-refractivity contribution in [2.24, 2.45) is 0 Å². The quantitative estimate of drug-likeness (QED) is 0.829. The number of carbonyl (C=O) groups is 1. The molecule has 0 N–H and O–H groups in total. The van der Waals surface area contributed by atoms with Crippen LogP contribution in [-0.4, -0.2) is 30.0 Å². The van der Waals surface area contributed by atoms with E-state index in [0.29, 0.717) is 17.5 Å². The van der Waals surface area contributed by atoms with Crippen molar-refractivity contribution in [1.29, 1.82) is 0 Å². The Morgan fingerprint density at radius 3 is 2.84 bits per heavy atom. The van der Waals surface area contributed by atoms with Crippen LogP contribution in [0.5, 0.6) is 0 Å². The number of hydrogen-bond donors (Lipinski definition) is 0. The molecule has 3 nitrogen and oxygen atoms in total. The average molecular weight is 281 g/mol. The van der Waals surface area contributed by atoms with Gasteiger partial charge >= 0.3 is 0 Å². The maximum Gasteiger partial charge on any atom is 0.0718 e. The number of benzene rings is 1. The molecule has 0 saturated carbocycles. The normalized spacial score (nSPS) is 25.9. The lowest BCUT2D eigenvalue weighted by Gasteiger charge is -2.25. The molecule has 2 unspecified atom stereocenters. The maximum absolute atomic E-state index is 11.3. The number of carboxylic acid groups (broad SMARTS) is 1. The number of carboxylic acids is 1. The van der Waals surface area contributed by atoms with Crippen molar-refractivity contribution in [3.8, 4) is 0 Å². The highest BCUT2D eigenvalue weighted by atomic mass is 35.5. The smallest absolute Gasteiger partial charge is 0.0718 e. The van der Waals surface area contributed by atoms with Crippen LogP contribution in [-0.2, 0) is 0 Å². The first kappa shape index (κ1) is 14.4. The van der Waals surface area contributed by atoms with Gasteiger partial charge in [0.2, 0.25) is 0 Å². The van der Waals surface area contributed by atoms with E-state index in [0.717, 1.165) is 24.1 Å². The molecule has 2 saturated heterocycles. The number of rotatable bonds is 2. The molecule has 2 atom stereocenters. The summed E-state index contributed by atoms with van der Waals surface area (Å²) >= 11 is 0. The van der Waals surface area contributed by atoms with E-state index in [4.69, 9.17) is 0 Å². The van der Waals surface area contributed by atoms with E-state index in [1.807, 2.05) is 19.1 Å². The summed E-state index contributed by atoms with van der Waals surface area (Å²) in [7, 11) is 0. The van der Waals surface area contributed by atoms with E-state index in [2.05, 4.69) is 4.90 Å². The summed E-state index contributed by atoms with van der Waals surface area (Å²) in [5.41, 5.74) is 2.51. The highest BCUT2D eigenvalue weighted by Gasteiger charge is 2.39. The van der Waals surface area contributed by atoms with E-state index in [1.54, 1.807) is 6.07 Å². The Morgan fingerprint density at radius 2 is 2.11 bits per heavy atom. The molecule has 2 aliphatic rings. The molecule has 104 valence electrons. The summed E-state index contributed by atoms with van der Waals surface area (Å²) in [5, 5.41) is 11.3. The van der Waals surface area contributed by atoms with Gasteiger partial charge in [-0.1, -0.05) is 18.2 Å². The van der Waals surface area contributed by atoms with Gasteiger partial charge in [-0.25, -0.2) is 0 Å². The Bertz CT molecular complexity index is 489. The average Bonchev–Trinajstić information content (AvgIpc) is 2.91. The van der Waals surface area contributed by atoms with Gasteiger partial charge < -0.3 is 9.90 Å². The Morgan fingerprint density at radius 1 is 1.32 bits per heavy atom. The van der Waals surface area contributed by atoms with Gasteiger partial charge in [-0.05, 0) is 50.4 Å². The Balaban J connectivity index is 0.00000133. The molecule has 2 fully saturated rings. The van der Waals surface area contributed by atoms with Crippen molar-refractivity contribution < 1.29 is 9.90 Å². The van der Waals surface area contributed by atoms with E-state index in [1.165, 1.54) is 19.4 Å². The van der Waals surface area contributed by atoms with Gasteiger partial charge in [0.1, 0.15) is 0 Å². The molecule has 4 heteroatoms. The Kier molecular flexibility index (Phi) is 4.16. The number of nitrogens with zero attached hydrogens (tertiary/aromatic N) is 1. The predicted molar refractivity (Wildman–Crippen MR) is 74.7 cm³/mol. The third kappa shape index (κ3) is 2.37. The molecule has 0 amide bonds. The minimum atomic E-state index is -1.04. The van der Waals surface area contributed by atoms with Crippen molar-refractivity contribution in [1.82, 2.24) is 4.90 Å². The fourth-order valence-corrected chi connectivity index (χ4v) is 3.77. The maximum atomic E-state index is 11.3. The second-order valence-electron chi connectivity index (χ2n) is 5.46. The zero-order chi connectivity index (χ0) is 12.7. The number of aryl methyl sites for hydroxylation is 1. The number of halogens is 1. The van der Waals surface area contributed by atoms with Crippen LogP contribution in [0.25, 0.3) is 0 Å². The second kappa shape index (κ2) is 5.51. The zero-order valence-electron chi connectivity index (χ0n) is 11.1. The molecule has 0 aromatic heterocycles. The Hall–Kier alpha value is -1.06. The minimum absolute atomic E-state index is 0. The summed E-state index contributed by atoms with van der Waals surface area (Å²) in [6.07, 6.45) is 3.52. The summed E-state index contributed by atoms with van der Waals surface area (Å²) in [6, 6.07) is 6.06. The first-order chi connectivity index (χ1) is 8.68. The van der Waals surface area contributed by atoms with Crippen LogP contribution >= 0.6 is 12.4 Å². The van der Waals surface area contributed by atoms with E-state index < -0.39 is 5.97 Å². The van der Waals surface area contributed by atoms with Gasteiger partial charge in [0.25, 0.3) is 0 Å². The molecule has 1 aromatic carbocycles. The number of fused-ring (bicyclic) bond motifs is 1. The topological polar surface area (TPSA) is 43.4 Å². The summed E-state index contributed by atoms with van der Waals surface area (Å²) in [4.78, 5) is 13.8. The van der Waals surface area contributed by atoms with Crippen LogP contribution in [0.15, 0.2) is 18.2 Å². The first-order valence-electron chi connectivity index (χ1n) is 6.73. The summed E-state index contributed by atoms with van der Waals surface area (Å²) < 4.78 is 0. The fourth-order valence-electron chi connectivity index (χ4n) is 3.77. The molecular weight excluding hydrogens is 262 g/mol. The zero-order valence-corrected chi connectivity index (χ0v) is 11.9. The number of hydrogen-bond acceptors (Lipinski definition) is 3. The lowest BCUT2D eigenvalue weighted by atomic mass is 9.84. The third-order valence-corrected chi connectivity index (χ3v) is 4.52. The highest BCUT2D eigenvalue weighted by Crippen LogP contribution is 2.41.